The number of amides is 1. The zero-order valence-corrected chi connectivity index (χ0v) is 15.0. The molecule has 27 heavy (non-hydrogen) atoms. The van der Waals surface area contributed by atoms with Gasteiger partial charge in [-0.2, -0.15) is 4.68 Å². The molecule has 0 fully saturated rings. The monoisotopic (exact) mass is 368 g/mol. The van der Waals surface area contributed by atoms with Gasteiger partial charge in [-0.3, -0.25) is 9.69 Å². The average Bonchev–Trinajstić information content (AvgIpc) is 3.16. The third kappa shape index (κ3) is 5.18. The summed E-state index contributed by atoms with van der Waals surface area (Å²) >= 11 is 0. The molecule has 0 aliphatic carbocycles. The number of likely N-dealkylation sites (N-methyl/N-ethyl adjacent to an activating group) is 1. The van der Waals surface area contributed by atoms with Crippen molar-refractivity contribution in [3.63, 3.8) is 0 Å². The smallest absolute Gasteiger partial charge is 0.234 e. The van der Waals surface area contributed by atoms with Crippen molar-refractivity contribution in [3.8, 4) is 5.69 Å². The first-order valence-corrected chi connectivity index (χ1v) is 8.72. The third-order valence-electron chi connectivity index (χ3n) is 4.12. The lowest BCUT2D eigenvalue weighted by atomic mass is 10.2. The van der Waals surface area contributed by atoms with Crippen LogP contribution < -0.4 is 5.32 Å². The minimum Gasteiger partial charge on any atom is -0.351 e. The van der Waals surface area contributed by atoms with Gasteiger partial charge in [0.05, 0.1) is 18.8 Å². The number of benzene rings is 2. The molecule has 1 aromatic heterocycles. The molecule has 0 aliphatic rings. The van der Waals surface area contributed by atoms with Crippen LogP contribution in [0.15, 0.2) is 54.6 Å². The van der Waals surface area contributed by atoms with Gasteiger partial charge in [-0.1, -0.05) is 37.3 Å². The van der Waals surface area contributed by atoms with E-state index in [1.807, 2.05) is 42.2 Å². The molecular formula is C19H21FN6O. The van der Waals surface area contributed by atoms with E-state index >= 15 is 0 Å². The highest BCUT2D eigenvalue weighted by atomic mass is 19.1. The van der Waals surface area contributed by atoms with Crippen LogP contribution >= 0.6 is 0 Å². The first-order chi connectivity index (χ1) is 13.2. The second-order valence-electron chi connectivity index (χ2n) is 6.05. The van der Waals surface area contributed by atoms with E-state index in [1.54, 1.807) is 16.8 Å². The van der Waals surface area contributed by atoms with E-state index in [1.165, 1.54) is 12.1 Å². The number of halogens is 1. The van der Waals surface area contributed by atoms with E-state index in [0.29, 0.717) is 25.5 Å². The maximum Gasteiger partial charge on any atom is 0.234 e. The van der Waals surface area contributed by atoms with Crippen molar-refractivity contribution in [1.29, 1.82) is 0 Å². The van der Waals surface area contributed by atoms with Crippen molar-refractivity contribution >= 4 is 5.91 Å². The van der Waals surface area contributed by atoms with Crippen LogP contribution in [0.25, 0.3) is 5.69 Å². The van der Waals surface area contributed by atoms with Crippen LogP contribution in [-0.4, -0.2) is 44.1 Å². The lowest BCUT2D eigenvalue weighted by molar-refractivity contribution is -0.122. The minimum absolute atomic E-state index is 0.111. The fourth-order valence-electron chi connectivity index (χ4n) is 2.62. The van der Waals surface area contributed by atoms with Crippen molar-refractivity contribution < 1.29 is 9.18 Å². The summed E-state index contributed by atoms with van der Waals surface area (Å²) < 4.78 is 14.6. The van der Waals surface area contributed by atoms with Crippen molar-refractivity contribution in [1.82, 2.24) is 30.4 Å². The fraction of sp³-hybridized carbons (Fsp3) is 0.263. The van der Waals surface area contributed by atoms with Gasteiger partial charge in [-0.15, -0.1) is 5.10 Å². The number of hydrogen-bond donors (Lipinski definition) is 1. The molecule has 1 heterocycles. The number of hydrogen-bond acceptors (Lipinski definition) is 5. The zero-order chi connectivity index (χ0) is 19.1. The van der Waals surface area contributed by atoms with Gasteiger partial charge < -0.3 is 5.32 Å². The molecule has 3 rings (SSSR count). The van der Waals surface area contributed by atoms with Crippen LogP contribution in [0.1, 0.15) is 18.3 Å². The molecule has 8 heteroatoms. The van der Waals surface area contributed by atoms with Crippen LogP contribution in [0, 0.1) is 5.82 Å². The van der Waals surface area contributed by atoms with Gasteiger partial charge >= 0.3 is 0 Å². The first kappa shape index (κ1) is 18.7. The summed E-state index contributed by atoms with van der Waals surface area (Å²) in [5.41, 5.74) is 1.72. The van der Waals surface area contributed by atoms with Gasteiger partial charge in [0.25, 0.3) is 0 Å². The second kappa shape index (κ2) is 9.00. The van der Waals surface area contributed by atoms with E-state index < -0.39 is 0 Å². The number of carbonyl (C=O) groups is 1. The Kier molecular flexibility index (Phi) is 6.22. The van der Waals surface area contributed by atoms with Gasteiger partial charge in [0.2, 0.25) is 5.91 Å². The van der Waals surface area contributed by atoms with Gasteiger partial charge in [-0.05, 0) is 46.8 Å². The lowest BCUT2D eigenvalue weighted by Gasteiger charge is -2.19. The highest BCUT2D eigenvalue weighted by molar-refractivity contribution is 5.78. The molecule has 7 nitrogen and oxygen atoms in total. The molecule has 0 saturated carbocycles. The van der Waals surface area contributed by atoms with Gasteiger partial charge in [0.1, 0.15) is 5.82 Å². The Balaban J connectivity index is 1.57. The molecule has 0 saturated heterocycles. The molecule has 0 atom stereocenters. The topological polar surface area (TPSA) is 75.9 Å². The molecule has 0 spiro atoms. The summed E-state index contributed by atoms with van der Waals surface area (Å²) in [6, 6.07) is 15.7. The molecule has 140 valence electrons. The Hall–Kier alpha value is -3.13. The summed E-state index contributed by atoms with van der Waals surface area (Å²) in [7, 11) is 0. The van der Waals surface area contributed by atoms with E-state index in [4.69, 9.17) is 0 Å². The number of tetrazole rings is 1. The standard InChI is InChI=1S/C19H21FN6O/c1-2-25(14-19(27)21-12-15-8-10-16(20)11-9-15)13-18-22-23-24-26(18)17-6-4-3-5-7-17/h3-11H,2,12-14H2,1H3,(H,21,27). The molecule has 0 radical (unpaired) electrons. The van der Waals surface area contributed by atoms with Gasteiger partial charge in [-0.25, -0.2) is 4.39 Å². The molecular weight excluding hydrogens is 347 g/mol. The number of carbonyl (C=O) groups excluding carboxylic acids is 1. The van der Waals surface area contributed by atoms with Crippen molar-refractivity contribution in [2.24, 2.45) is 0 Å². The van der Waals surface area contributed by atoms with E-state index in [-0.39, 0.29) is 18.3 Å². The van der Waals surface area contributed by atoms with Crippen LogP contribution in [0.4, 0.5) is 4.39 Å². The fourth-order valence-corrected chi connectivity index (χ4v) is 2.62. The Labute approximate surface area is 156 Å². The maximum atomic E-state index is 12.9. The molecule has 3 aromatic rings. The number of nitrogens with zero attached hydrogens (tertiary/aromatic N) is 5. The minimum atomic E-state index is -0.293. The predicted molar refractivity (Wildman–Crippen MR) is 98.4 cm³/mol. The first-order valence-electron chi connectivity index (χ1n) is 8.72. The van der Waals surface area contributed by atoms with Crippen molar-refractivity contribution in [2.45, 2.75) is 20.0 Å². The Morgan fingerprint density at radius 1 is 1.15 bits per heavy atom. The molecule has 0 bridgehead atoms. The quantitative estimate of drug-likeness (QED) is 0.658. The van der Waals surface area contributed by atoms with E-state index in [0.717, 1.165) is 11.3 Å². The Morgan fingerprint density at radius 2 is 1.89 bits per heavy atom. The van der Waals surface area contributed by atoms with Crippen LogP contribution in [0.3, 0.4) is 0 Å². The molecule has 0 aliphatic heterocycles. The molecule has 0 unspecified atom stereocenters. The van der Waals surface area contributed by atoms with Crippen LogP contribution in [0.2, 0.25) is 0 Å². The molecule has 1 N–H and O–H groups in total. The summed E-state index contributed by atoms with van der Waals surface area (Å²) in [6.45, 7) is 3.68. The van der Waals surface area contributed by atoms with Crippen LogP contribution in [-0.2, 0) is 17.9 Å². The normalized spacial score (nSPS) is 10.9. The number of para-hydroxylation sites is 1. The second-order valence-corrected chi connectivity index (χ2v) is 6.05. The summed E-state index contributed by atoms with van der Waals surface area (Å²) in [6.07, 6.45) is 0. The number of nitrogens with one attached hydrogen (secondary N) is 1. The predicted octanol–water partition coefficient (Wildman–Crippen LogP) is 1.94. The molecule has 2 aromatic carbocycles. The van der Waals surface area contributed by atoms with Gasteiger partial charge in [0, 0.05) is 6.54 Å². The molecule has 1 amide bonds. The Bertz CT molecular complexity index is 865. The van der Waals surface area contributed by atoms with Gasteiger partial charge in [0.15, 0.2) is 5.82 Å². The van der Waals surface area contributed by atoms with E-state index in [9.17, 15) is 9.18 Å². The zero-order valence-electron chi connectivity index (χ0n) is 15.0. The summed E-state index contributed by atoms with van der Waals surface area (Å²) in [5, 5.41) is 14.7. The highest BCUT2D eigenvalue weighted by Crippen LogP contribution is 2.09. The Morgan fingerprint density at radius 3 is 2.59 bits per heavy atom. The van der Waals surface area contributed by atoms with Crippen molar-refractivity contribution in [3.05, 3.63) is 71.8 Å². The highest BCUT2D eigenvalue weighted by Gasteiger charge is 2.15. The summed E-state index contributed by atoms with van der Waals surface area (Å²) in [4.78, 5) is 14.2. The lowest BCUT2D eigenvalue weighted by Crippen LogP contribution is -2.37. The van der Waals surface area contributed by atoms with Crippen LogP contribution in [0.5, 0.6) is 0 Å². The number of rotatable bonds is 8. The van der Waals surface area contributed by atoms with Crippen molar-refractivity contribution in [2.75, 3.05) is 13.1 Å². The SMILES string of the molecule is CCN(CC(=O)NCc1ccc(F)cc1)Cc1nnnn1-c1ccccc1. The maximum absolute atomic E-state index is 12.9. The summed E-state index contributed by atoms with van der Waals surface area (Å²) in [5.74, 6) is 0.257. The number of aromatic nitrogens is 4. The third-order valence-corrected chi connectivity index (χ3v) is 4.12. The largest absolute Gasteiger partial charge is 0.351 e. The van der Waals surface area contributed by atoms with E-state index in [2.05, 4.69) is 20.8 Å². The average molecular weight is 368 g/mol.